The number of rotatable bonds is 27. The fraction of sp³-hybridized carbons (Fsp3) is 0.690. The SMILES string of the molecule is C=CC(=O)OCC(C)(COC(=O)C=C)NC(=O)N(CCOC(=O)NCCC[Si](OC)(OC)OC)CCOC(=O)NCCC[Si](OC)(OC)OC. The lowest BCUT2D eigenvalue weighted by molar-refractivity contribution is -0.144. The summed E-state index contributed by atoms with van der Waals surface area (Å²) >= 11 is 0. The van der Waals surface area contributed by atoms with Crippen LogP contribution in [0.1, 0.15) is 19.8 Å². The molecular formula is C29H54N4O15Si2. The van der Waals surface area contributed by atoms with Crippen LogP contribution in [0.15, 0.2) is 25.3 Å². The van der Waals surface area contributed by atoms with E-state index < -0.39 is 66.5 Å². The van der Waals surface area contributed by atoms with Gasteiger partial charge in [0.25, 0.3) is 0 Å². The minimum Gasteiger partial charge on any atom is -0.460 e. The van der Waals surface area contributed by atoms with E-state index in [1.807, 2.05) is 0 Å². The number of hydrogen-bond donors (Lipinski definition) is 3. The molecule has 0 radical (unpaired) electrons. The smallest absolute Gasteiger partial charge is 0.460 e. The third-order valence-electron chi connectivity index (χ3n) is 7.01. The quantitative estimate of drug-likeness (QED) is 0.0353. The van der Waals surface area contributed by atoms with Gasteiger partial charge in [0, 0.05) is 80.0 Å². The molecule has 0 aliphatic rings. The van der Waals surface area contributed by atoms with Crippen molar-refractivity contribution < 1.29 is 69.5 Å². The van der Waals surface area contributed by atoms with Crippen molar-refractivity contribution in [3.8, 4) is 0 Å². The number of esters is 2. The van der Waals surface area contributed by atoms with Gasteiger partial charge in [-0.3, -0.25) is 0 Å². The molecular weight excluding hydrogens is 701 g/mol. The average molecular weight is 755 g/mol. The molecule has 0 rings (SSSR count). The molecule has 0 aliphatic heterocycles. The van der Waals surface area contributed by atoms with E-state index >= 15 is 0 Å². The Bertz CT molecular complexity index is 991. The monoisotopic (exact) mass is 754 g/mol. The van der Waals surface area contributed by atoms with E-state index in [1.165, 1.54) is 54.5 Å². The summed E-state index contributed by atoms with van der Waals surface area (Å²) in [7, 11) is 3.35. The van der Waals surface area contributed by atoms with Crippen LogP contribution in [0.4, 0.5) is 14.4 Å². The van der Waals surface area contributed by atoms with Gasteiger partial charge in [-0.1, -0.05) is 13.2 Å². The summed E-state index contributed by atoms with van der Waals surface area (Å²) in [6.45, 7) is 7.10. The molecule has 0 heterocycles. The van der Waals surface area contributed by atoms with Gasteiger partial charge < -0.3 is 66.4 Å². The normalized spacial score (nSPS) is 11.5. The van der Waals surface area contributed by atoms with Crippen LogP contribution in [-0.2, 0) is 55.1 Å². The number of nitrogens with zero attached hydrogens (tertiary/aromatic N) is 1. The Balaban J connectivity index is 5.39. The van der Waals surface area contributed by atoms with Crippen LogP contribution in [0, 0.1) is 0 Å². The molecule has 3 N–H and O–H groups in total. The first-order valence-corrected chi connectivity index (χ1v) is 19.4. The van der Waals surface area contributed by atoms with E-state index in [0.29, 0.717) is 24.9 Å². The molecule has 0 atom stereocenters. The van der Waals surface area contributed by atoms with Crippen LogP contribution in [0.3, 0.4) is 0 Å². The molecule has 0 saturated carbocycles. The molecule has 4 amide bonds. The number of carbonyl (C=O) groups excluding carboxylic acids is 5. The highest BCUT2D eigenvalue weighted by molar-refractivity contribution is 6.60. The van der Waals surface area contributed by atoms with Crippen LogP contribution in [-0.4, -0.2) is 153 Å². The summed E-state index contributed by atoms with van der Waals surface area (Å²) in [4.78, 5) is 62.7. The topological polar surface area (TPSA) is 217 Å². The first-order chi connectivity index (χ1) is 23.8. The Morgan fingerprint density at radius 1 is 0.640 bits per heavy atom. The molecule has 0 spiro atoms. The predicted octanol–water partition coefficient (Wildman–Crippen LogP) is 1.20. The fourth-order valence-corrected chi connectivity index (χ4v) is 7.49. The van der Waals surface area contributed by atoms with E-state index in [0.717, 1.165) is 12.2 Å². The van der Waals surface area contributed by atoms with Gasteiger partial charge in [0.2, 0.25) is 0 Å². The number of alkyl carbamates (subject to hydrolysis) is 2. The van der Waals surface area contributed by atoms with Crippen molar-refractivity contribution >= 4 is 47.8 Å². The highest BCUT2D eigenvalue weighted by Gasteiger charge is 2.38. The van der Waals surface area contributed by atoms with E-state index in [4.69, 9.17) is 45.5 Å². The molecule has 0 saturated heterocycles. The maximum atomic E-state index is 13.4. The number of hydrogen-bond acceptors (Lipinski definition) is 15. The van der Waals surface area contributed by atoms with Crippen molar-refractivity contribution in [1.82, 2.24) is 20.9 Å². The van der Waals surface area contributed by atoms with Gasteiger partial charge in [-0.15, -0.1) is 0 Å². The third-order valence-corrected chi connectivity index (χ3v) is 12.7. The number of urea groups is 1. The number of amides is 4. The molecule has 0 aromatic heterocycles. The number of ether oxygens (including phenoxy) is 4. The summed E-state index contributed by atoms with van der Waals surface area (Å²) in [5, 5.41) is 7.86. The van der Waals surface area contributed by atoms with Gasteiger partial charge in [0.15, 0.2) is 0 Å². The van der Waals surface area contributed by atoms with Gasteiger partial charge in [-0.2, -0.15) is 0 Å². The largest absolute Gasteiger partial charge is 0.500 e. The maximum absolute atomic E-state index is 13.4. The van der Waals surface area contributed by atoms with Gasteiger partial charge in [-0.25, -0.2) is 24.0 Å². The predicted molar refractivity (Wildman–Crippen MR) is 182 cm³/mol. The van der Waals surface area contributed by atoms with E-state index in [1.54, 1.807) is 0 Å². The Hall–Kier alpha value is -3.58. The Morgan fingerprint density at radius 2 is 1.00 bits per heavy atom. The van der Waals surface area contributed by atoms with Crippen LogP contribution >= 0.6 is 0 Å². The van der Waals surface area contributed by atoms with Crippen molar-refractivity contribution in [2.45, 2.75) is 37.4 Å². The van der Waals surface area contributed by atoms with Crippen molar-refractivity contribution in [1.29, 1.82) is 0 Å². The summed E-state index contributed by atoms with van der Waals surface area (Å²) in [5.41, 5.74) is -1.40. The summed E-state index contributed by atoms with van der Waals surface area (Å²) in [5.74, 6) is -1.54. The molecule has 0 aromatic rings. The minimum absolute atomic E-state index is 0.135. The average Bonchev–Trinajstić information content (AvgIpc) is 3.12. The van der Waals surface area contributed by atoms with Gasteiger partial charge in [0.1, 0.15) is 32.0 Å². The zero-order chi connectivity index (χ0) is 38.1. The van der Waals surface area contributed by atoms with Crippen molar-refractivity contribution in [2.24, 2.45) is 0 Å². The van der Waals surface area contributed by atoms with E-state index in [9.17, 15) is 24.0 Å². The first-order valence-electron chi connectivity index (χ1n) is 15.5. The number of nitrogens with one attached hydrogen (secondary N) is 3. The van der Waals surface area contributed by atoms with Gasteiger partial charge in [0.05, 0.1) is 13.1 Å². The highest BCUT2D eigenvalue weighted by Crippen LogP contribution is 2.15. The zero-order valence-corrected chi connectivity index (χ0v) is 32.1. The molecule has 0 aromatic carbocycles. The third kappa shape index (κ3) is 18.4. The summed E-state index contributed by atoms with van der Waals surface area (Å²) < 4.78 is 52.8. The van der Waals surface area contributed by atoms with Crippen molar-refractivity contribution in [2.75, 3.05) is 95.3 Å². The second kappa shape index (κ2) is 25.4. The molecule has 0 unspecified atom stereocenters. The molecule has 0 fully saturated rings. The van der Waals surface area contributed by atoms with Gasteiger partial charge in [-0.05, 0) is 19.8 Å². The molecule has 0 bridgehead atoms. The van der Waals surface area contributed by atoms with Gasteiger partial charge >= 0.3 is 47.8 Å². The van der Waals surface area contributed by atoms with Crippen molar-refractivity contribution in [3.63, 3.8) is 0 Å². The lowest BCUT2D eigenvalue weighted by Gasteiger charge is -2.32. The summed E-state index contributed by atoms with van der Waals surface area (Å²) in [6, 6.07) is 0.180. The second-order valence-electron chi connectivity index (χ2n) is 10.5. The fourth-order valence-electron chi connectivity index (χ4n) is 4.05. The Morgan fingerprint density at radius 3 is 1.32 bits per heavy atom. The molecule has 50 heavy (non-hydrogen) atoms. The molecule has 19 nitrogen and oxygen atoms in total. The van der Waals surface area contributed by atoms with Crippen molar-refractivity contribution in [3.05, 3.63) is 25.3 Å². The minimum atomic E-state index is -2.80. The van der Waals surface area contributed by atoms with Crippen LogP contribution < -0.4 is 16.0 Å². The lowest BCUT2D eigenvalue weighted by atomic mass is 10.1. The number of carbonyl (C=O) groups is 5. The molecule has 21 heteroatoms. The Kier molecular flexibility index (Phi) is 23.6. The van der Waals surface area contributed by atoms with E-state index in [2.05, 4.69) is 29.1 Å². The molecule has 0 aliphatic carbocycles. The van der Waals surface area contributed by atoms with Crippen LogP contribution in [0.5, 0.6) is 0 Å². The zero-order valence-electron chi connectivity index (χ0n) is 30.1. The Labute approximate surface area is 295 Å². The molecule has 288 valence electrons. The van der Waals surface area contributed by atoms with E-state index in [-0.39, 0.29) is 39.4 Å². The van der Waals surface area contributed by atoms with Crippen LogP contribution in [0.2, 0.25) is 12.1 Å². The maximum Gasteiger partial charge on any atom is 0.500 e. The highest BCUT2D eigenvalue weighted by atomic mass is 28.4. The van der Waals surface area contributed by atoms with Crippen LogP contribution in [0.25, 0.3) is 0 Å². The first kappa shape index (κ1) is 46.4. The lowest BCUT2D eigenvalue weighted by Crippen LogP contribution is -2.58. The standard InChI is InChI=1S/C29H54N4O15Si2/c1-10-24(34)47-22-29(3,23-48-25(35)11-2)32-26(36)33(16-18-45-27(37)30-14-12-20-49(39-4,40-5)41-6)17-19-46-28(38)31-15-13-21-50(42-7,43-8)44-9/h10-11H,1-2,12-23H2,3-9H3,(H,30,37)(H,31,38)(H,32,36). The summed E-state index contributed by atoms with van der Waals surface area (Å²) in [6.07, 6.45) is 1.38. The second-order valence-corrected chi connectivity index (χ2v) is 16.7.